The van der Waals surface area contributed by atoms with Crippen LogP contribution in [0.15, 0.2) is 42.5 Å². The van der Waals surface area contributed by atoms with Gasteiger partial charge in [-0.15, -0.1) is 11.3 Å². The van der Waals surface area contributed by atoms with E-state index >= 15 is 0 Å². The zero-order valence-electron chi connectivity index (χ0n) is 28.2. The molecule has 7 heteroatoms. The van der Waals surface area contributed by atoms with Crippen LogP contribution in [0.5, 0.6) is 0 Å². The number of hydrogen-bond acceptors (Lipinski definition) is 6. The van der Waals surface area contributed by atoms with Gasteiger partial charge in [0.05, 0.1) is 6.61 Å². The van der Waals surface area contributed by atoms with Gasteiger partial charge < -0.3 is 23.7 Å². The van der Waals surface area contributed by atoms with Gasteiger partial charge in [-0.05, 0) is 72.9 Å². The maximum absolute atomic E-state index is 7.00. The van der Waals surface area contributed by atoms with Crippen LogP contribution < -0.4 is 0 Å². The van der Waals surface area contributed by atoms with Gasteiger partial charge in [0, 0.05) is 47.4 Å². The number of unbranched alkanes of at least 4 members (excludes halogenated alkanes) is 4. The van der Waals surface area contributed by atoms with Crippen LogP contribution in [0.3, 0.4) is 0 Å². The second-order valence-electron chi connectivity index (χ2n) is 12.3. The van der Waals surface area contributed by atoms with Crippen LogP contribution in [0.4, 0.5) is 0 Å². The van der Waals surface area contributed by atoms with Crippen LogP contribution in [-0.4, -0.2) is 57.5 Å². The molecule has 0 unspecified atom stereocenters. The van der Waals surface area contributed by atoms with E-state index in [0.717, 1.165) is 75.0 Å². The summed E-state index contributed by atoms with van der Waals surface area (Å²) < 4.78 is 34.5. The first-order valence-electron chi connectivity index (χ1n) is 17.3. The van der Waals surface area contributed by atoms with Gasteiger partial charge in [0.2, 0.25) is 0 Å². The Kier molecular flexibility index (Phi) is 15.6. The molecule has 4 rings (SSSR count). The second-order valence-corrected chi connectivity index (χ2v) is 13.9. The molecule has 2 aromatic carbocycles. The molecular formula is C38H55ClO5S. The van der Waals surface area contributed by atoms with E-state index in [1.54, 1.807) is 0 Å². The number of benzene rings is 2. The molecule has 1 aliphatic rings. The fourth-order valence-corrected chi connectivity index (χ4v) is 7.30. The highest BCUT2D eigenvalue weighted by atomic mass is 35.5. The first kappa shape index (κ1) is 36.3. The standard InChI is InChI=1S/C38H55ClO5S/c1-6-10-19-40-26-32-36(41-20-11-7-2)38(43-22-13-9-4)37(42-21-12-8-3)35(44-32)29-16-14-15-28(23-29)24-34-27(5)31-25-30(39)17-18-33(31)45-34/h14-18,23,25,32,35-38H,6-13,19-22,24,26H2,1-5H3/t32-,35+,36-,37+,38+/m1/s1. The van der Waals surface area contributed by atoms with Gasteiger partial charge in [0.25, 0.3) is 0 Å². The first-order valence-corrected chi connectivity index (χ1v) is 18.5. The van der Waals surface area contributed by atoms with Crippen molar-refractivity contribution >= 4 is 33.0 Å². The van der Waals surface area contributed by atoms with Crippen molar-refractivity contribution in [3.8, 4) is 0 Å². The number of ether oxygens (including phenoxy) is 5. The van der Waals surface area contributed by atoms with E-state index in [2.05, 4.69) is 71.0 Å². The molecule has 0 radical (unpaired) electrons. The monoisotopic (exact) mass is 658 g/mol. The van der Waals surface area contributed by atoms with Crippen molar-refractivity contribution in [1.82, 2.24) is 0 Å². The van der Waals surface area contributed by atoms with Gasteiger partial charge in [0.1, 0.15) is 30.5 Å². The van der Waals surface area contributed by atoms with Gasteiger partial charge in [-0.3, -0.25) is 0 Å². The molecule has 0 aliphatic carbocycles. The Bertz CT molecular complexity index is 1280. The van der Waals surface area contributed by atoms with E-state index in [1.165, 1.54) is 26.1 Å². The molecule has 45 heavy (non-hydrogen) atoms. The minimum absolute atomic E-state index is 0.248. The van der Waals surface area contributed by atoms with Crippen molar-refractivity contribution in [2.75, 3.05) is 33.0 Å². The van der Waals surface area contributed by atoms with Crippen molar-refractivity contribution in [2.45, 2.75) is 123 Å². The zero-order chi connectivity index (χ0) is 32.0. The highest BCUT2D eigenvalue weighted by Crippen LogP contribution is 2.39. The molecule has 1 aliphatic heterocycles. The van der Waals surface area contributed by atoms with Gasteiger partial charge >= 0.3 is 0 Å². The Hall–Kier alpha value is -1.51. The predicted molar refractivity (Wildman–Crippen MR) is 188 cm³/mol. The molecule has 0 bridgehead atoms. The maximum Gasteiger partial charge on any atom is 0.117 e. The van der Waals surface area contributed by atoms with Crippen molar-refractivity contribution in [3.63, 3.8) is 0 Å². The number of rotatable bonds is 20. The van der Waals surface area contributed by atoms with Crippen LogP contribution >= 0.6 is 22.9 Å². The highest BCUT2D eigenvalue weighted by Gasteiger charge is 2.48. The molecule has 0 N–H and O–H groups in total. The van der Waals surface area contributed by atoms with E-state index < -0.39 is 0 Å². The zero-order valence-corrected chi connectivity index (χ0v) is 29.7. The largest absolute Gasteiger partial charge is 0.379 e. The molecule has 3 aromatic rings. The lowest BCUT2D eigenvalue weighted by molar-refractivity contribution is -0.268. The van der Waals surface area contributed by atoms with Crippen LogP contribution in [0, 0.1) is 6.92 Å². The molecule has 5 atom stereocenters. The number of halogens is 1. The van der Waals surface area contributed by atoms with E-state index in [-0.39, 0.29) is 30.5 Å². The fourth-order valence-electron chi connectivity index (χ4n) is 5.91. The number of aryl methyl sites for hydroxylation is 1. The summed E-state index contributed by atoms with van der Waals surface area (Å²) in [6.07, 6.45) is 7.86. The van der Waals surface area contributed by atoms with Crippen LogP contribution in [0.25, 0.3) is 10.1 Å². The topological polar surface area (TPSA) is 46.2 Å². The van der Waals surface area contributed by atoms with Gasteiger partial charge in [0.15, 0.2) is 0 Å². The lowest BCUT2D eigenvalue weighted by atomic mass is 9.89. The molecule has 0 saturated carbocycles. The third-order valence-electron chi connectivity index (χ3n) is 8.62. The Morgan fingerprint density at radius 3 is 2.09 bits per heavy atom. The smallest absolute Gasteiger partial charge is 0.117 e. The molecule has 1 fully saturated rings. The van der Waals surface area contributed by atoms with Crippen LogP contribution in [0.1, 0.15) is 107 Å². The SMILES string of the molecule is CCCCOC[C@H]1O[C@@H](c2cccc(Cc3sc4ccc(Cl)cc4c3C)c2)[C@H](OCCCC)[C@@H](OCCCC)[C@@H]1OCCCC. The van der Waals surface area contributed by atoms with Crippen molar-refractivity contribution in [1.29, 1.82) is 0 Å². The molecular weight excluding hydrogens is 604 g/mol. The molecule has 0 amide bonds. The maximum atomic E-state index is 7.00. The second kappa shape index (κ2) is 19.3. The van der Waals surface area contributed by atoms with E-state index in [9.17, 15) is 0 Å². The normalized spacial score (nSPS) is 22.0. The van der Waals surface area contributed by atoms with Gasteiger partial charge in [-0.25, -0.2) is 0 Å². The summed E-state index contributed by atoms with van der Waals surface area (Å²) in [7, 11) is 0. The summed E-state index contributed by atoms with van der Waals surface area (Å²) >= 11 is 8.18. The minimum Gasteiger partial charge on any atom is -0.379 e. The summed E-state index contributed by atoms with van der Waals surface area (Å²) in [5.74, 6) is 0. The first-order chi connectivity index (χ1) is 22.0. The lowest BCUT2D eigenvalue weighted by Gasteiger charge is -2.46. The van der Waals surface area contributed by atoms with Gasteiger partial charge in [-0.1, -0.05) is 89.2 Å². The van der Waals surface area contributed by atoms with Crippen LogP contribution in [0.2, 0.25) is 5.02 Å². The number of thiophene rings is 1. The van der Waals surface area contributed by atoms with E-state index in [4.69, 9.17) is 35.3 Å². The van der Waals surface area contributed by atoms with Crippen molar-refractivity contribution in [2.24, 2.45) is 0 Å². The summed E-state index contributed by atoms with van der Waals surface area (Å²) in [6.45, 7) is 14.2. The summed E-state index contributed by atoms with van der Waals surface area (Å²) in [4.78, 5) is 1.36. The number of hydrogen-bond donors (Lipinski definition) is 0. The van der Waals surface area contributed by atoms with Gasteiger partial charge in [-0.2, -0.15) is 0 Å². The number of fused-ring (bicyclic) bond motifs is 1. The van der Waals surface area contributed by atoms with E-state index in [0.29, 0.717) is 26.4 Å². The Morgan fingerprint density at radius 1 is 0.756 bits per heavy atom. The molecule has 250 valence electrons. The third kappa shape index (κ3) is 10.2. The lowest BCUT2D eigenvalue weighted by Crippen LogP contribution is -2.58. The molecule has 0 spiro atoms. The Morgan fingerprint density at radius 2 is 1.40 bits per heavy atom. The van der Waals surface area contributed by atoms with E-state index in [1.807, 2.05) is 17.4 Å². The summed E-state index contributed by atoms with van der Waals surface area (Å²) in [5.41, 5.74) is 3.67. The Labute approximate surface area is 280 Å². The fraction of sp³-hybridized carbons (Fsp3) is 0.632. The van der Waals surface area contributed by atoms with Crippen molar-refractivity contribution < 1.29 is 23.7 Å². The average Bonchev–Trinajstić information content (AvgIpc) is 3.34. The summed E-state index contributed by atoms with van der Waals surface area (Å²) in [5, 5.41) is 2.02. The molecule has 1 aromatic heterocycles. The summed E-state index contributed by atoms with van der Waals surface area (Å²) in [6, 6.07) is 15.0. The highest BCUT2D eigenvalue weighted by molar-refractivity contribution is 7.19. The Balaban J connectivity index is 1.66. The minimum atomic E-state index is -0.290. The quantitative estimate of drug-likeness (QED) is 0.113. The molecule has 1 saturated heterocycles. The third-order valence-corrected chi connectivity index (χ3v) is 10.1. The van der Waals surface area contributed by atoms with Crippen LogP contribution in [-0.2, 0) is 30.1 Å². The predicted octanol–water partition coefficient (Wildman–Crippen LogP) is 10.3. The molecule has 5 nitrogen and oxygen atoms in total. The average molecular weight is 659 g/mol. The molecule has 2 heterocycles. The van der Waals surface area contributed by atoms with Crippen molar-refractivity contribution in [3.05, 3.63) is 69.1 Å².